The zero-order valence-electron chi connectivity index (χ0n) is 5.86. The van der Waals surface area contributed by atoms with Crippen molar-refractivity contribution in [2.24, 2.45) is 0 Å². The van der Waals surface area contributed by atoms with Gasteiger partial charge in [0.25, 0.3) is 0 Å². The Kier molecular flexibility index (Phi) is 2.73. The van der Waals surface area contributed by atoms with Gasteiger partial charge in [-0.15, -0.1) is 0 Å². The number of hydrogen-bond acceptors (Lipinski definition) is 1. The molecule has 9 heavy (non-hydrogen) atoms. The first-order chi connectivity index (χ1) is 4.27. The second kappa shape index (κ2) is 3.16. The van der Waals surface area contributed by atoms with E-state index in [1.807, 2.05) is 0 Å². The third kappa shape index (κ3) is 2.05. The van der Waals surface area contributed by atoms with Crippen LogP contribution in [0, 0.1) is 0 Å². The van der Waals surface area contributed by atoms with Gasteiger partial charge in [-0.1, -0.05) is 0 Å². The predicted molar refractivity (Wildman–Crippen MR) is 47.4 cm³/mol. The summed E-state index contributed by atoms with van der Waals surface area (Å²) in [7, 11) is 0. The molecular formula is C6H14IN2+. The van der Waals surface area contributed by atoms with E-state index in [1.165, 1.54) is 35.4 Å². The van der Waals surface area contributed by atoms with Gasteiger partial charge in [0.1, 0.15) is 0 Å². The van der Waals surface area contributed by atoms with Gasteiger partial charge in [-0.05, 0) is 6.92 Å². The molecule has 0 radical (unpaired) electrons. The van der Waals surface area contributed by atoms with Gasteiger partial charge in [-0.25, -0.2) is 0 Å². The van der Waals surface area contributed by atoms with Crippen LogP contribution in [0.1, 0.15) is 6.92 Å². The van der Waals surface area contributed by atoms with E-state index in [9.17, 15) is 0 Å². The lowest BCUT2D eigenvalue weighted by atomic mass is 10.4. The first kappa shape index (κ1) is 7.75. The molecule has 0 aromatic heterocycles. The van der Waals surface area contributed by atoms with Gasteiger partial charge in [-0.2, -0.15) is 0 Å². The zero-order valence-corrected chi connectivity index (χ0v) is 8.02. The summed E-state index contributed by atoms with van der Waals surface area (Å²) in [6.45, 7) is 8.49. The molecule has 1 aliphatic heterocycles. The van der Waals surface area contributed by atoms with E-state index in [0.717, 1.165) is 0 Å². The quantitative estimate of drug-likeness (QED) is 0.528. The molecule has 0 spiro atoms. The van der Waals surface area contributed by atoms with Gasteiger partial charge in [0.15, 0.2) is 0 Å². The Morgan fingerprint density at radius 2 is 2.00 bits per heavy atom. The van der Waals surface area contributed by atoms with E-state index < -0.39 is 0 Å². The van der Waals surface area contributed by atoms with Crippen molar-refractivity contribution in [3.05, 3.63) is 0 Å². The second-order valence-electron chi connectivity index (χ2n) is 2.54. The van der Waals surface area contributed by atoms with Crippen molar-refractivity contribution in [2.75, 3.05) is 32.7 Å². The largest absolute Gasteiger partial charge is 0.306 e. The van der Waals surface area contributed by atoms with Gasteiger partial charge in [0, 0.05) is 13.1 Å². The van der Waals surface area contributed by atoms with Crippen LogP contribution in [0.2, 0.25) is 0 Å². The van der Waals surface area contributed by atoms with Gasteiger partial charge < -0.3 is 5.32 Å². The minimum atomic E-state index is 1.19. The lowest BCUT2D eigenvalue weighted by Crippen LogP contribution is -2.51. The lowest BCUT2D eigenvalue weighted by Gasteiger charge is -2.33. The number of hydrogen-bond donors (Lipinski definition) is 1. The van der Waals surface area contributed by atoms with Crippen LogP contribution >= 0.6 is 22.9 Å². The lowest BCUT2D eigenvalue weighted by molar-refractivity contribution is -0.753. The van der Waals surface area contributed by atoms with Gasteiger partial charge in [0.2, 0.25) is 22.9 Å². The summed E-state index contributed by atoms with van der Waals surface area (Å²) in [5.74, 6) is 0. The van der Waals surface area contributed by atoms with Crippen LogP contribution in [0.5, 0.6) is 0 Å². The number of quaternary nitrogens is 1. The molecule has 0 atom stereocenters. The fourth-order valence-corrected chi connectivity index (χ4v) is 1.59. The van der Waals surface area contributed by atoms with Gasteiger partial charge >= 0.3 is 0 Å². The van der Waals surface area contributed by atoms with E-state index >= 15 is 0 Å². The Bertz CT molecular complexity index is 89.1. The van der Waals surface area contributed by atoms with Crippen molar-refractivity contribution in [1.29, 1.82) is 0 Å². The second-order valence-corrected chi connectivity index (χ2v) is 4.59. The van der Waals surface area contributed by atoms with Crippen LogP contribution < -0.4 is 5.32 Å². The maximum Gasteiger partial charge on any atom is 0.248 e. The number of piperazine rings is 1. The van der Waals surface area contributed by atoms with Gasteiger partial charge in [-0.3, -0.25) is 2.70 Å². The molecule has 2 nitrogen and oxygen atoms in total. The maximum atomic E-state index is 3.35. The molecule has 1 saturated heterocycles. The summed E-state index contributed by atoms with van der Waals surface area (Å²) >= 11 is 2.55. The summed E-state index contributed by atoms with van der Waals surface area (Å²) in [6, 6.07) is 0. The molecule has 0 aliphatic carbocycles. The molecule has 1 fully saturated rings. The molecule has 0 aromatic rings. The van der Waals surface area contributed by atoms with Crippen LogP contribution in [0.25, 0.3) is 0 Å². The van der Waals surface area contributed by atoms with Crippen molar-refractivity contribution in [3.8, 4) is 0 Å². The number of rotatable bonds is 1. The first-order valence-electron chi connectivity index (χ1n) is 3.53. The highest BCUT2D eigenvalue weighted by Crippen LogP contribution is 2.15. The van der Waals surface area contributed by atoms with Crippen molar-refractivity contribution in [2.45, 2.75) is 6.92 Å². The van der Waals surface area contributed by atoms with Crippen LogP contribution in [0.3, 0.4) is 0 Å². The van der Waals surface area contributed by atoms with Crippen molar-refractivity contribution >= 4 is 22.9 Å². The minimum absolute atomic E-state index is 1.19. The van der Waals surface area contributed by atoms with E-state index in [-0.39, 0.29) is 0 Å². The Morgan fingerprint density at radius 1 is 1.44 bits per heavy atom. The van der Waals surface area contributed by atoms with Crippen molar-refractivity contribution < 1.29 is 2.70 Å². The summed E-state index contributed by atoms with van der Waals surface area (Å²) in [5, 5.41) is 3.35. The van der Waals surface area contributed by atoms with Crippen LogP contribution in [-0.4, -0.2) is 35.4 Å². The van der Waals surface area contributed by atoms with Crippen molar-refractivity contribution in [1.82, 2.24) is 5.32 Å². The molecule has 0 amide bonds. The zero-order chi connectivity index (χ0) is 6.74. The van der Waals surface area contributed by atoms with E-state index in [1.54, 1.807) is 0 Å². The average molecular weight is 241 g/mol. The van der Waals surface area contributed by atoms with Crippen molar-refractivity contribution in [3.63, 3.8) is 0 Å². The summed E-state index contributed by atoms with van der Waals surface area (Å²) < 4.78 is 1.23. The molecule has 1 rings (SSSR count). The maximum absolute atomic E-state index is 3.35. The summed E-state index contributed by atoms with van der Waals surface area (Å²) in [4.78, 5) is 0. The highest BCUT2D eigenvalue weighted by Gasteiger charge is 2.24. The third-order valence-electron chi connectivity index (χ3n) is 1.95. The summed E-state index contributed by atoms with van der Waals surface area (Å²) in [6.07, 6.45) is 0. The molecule has 0 bridgehead atoms. The molecule has 54 valence electrons. The molecule has 1 N–H and O–H groups in total. The fourth-order valence-electron chi connectivity index (χ4n) is 1.11. The monoisotopic (exact) mass is 241 g/mol. The van der Waals surface area contributed by atoms with E-state index in [0.29, 0.717) is 0 Å². The normalized spacial score (nSPS) is 26.0. The molecule has 0 aromatic carbocycles. The fraction of sp³-hybridized carbons (Fsp3) is 1.00. The summed E-state index contributed by atoms with van der Waals surface area (Å²) in [5.41, 5.74) is 0. The van der Waals surface area contributed by atoms with Crippen LogP contribution in [0.15, 0.2) is 0 Å². The van der Waals surface area contributed by atoms with E-state index in [2.05, 4.69) is 35.1 Å². The number of halogens is 1. The standard InChI is InChI=1S/C6H14IN2/c1-2-9(7)5-3-8-4-6-9/h8H,2-6H2,1H3/q+1. The highest BCUT2D eigenvalue weighted by atomic mass is 127. The molecule has 0 saturated carbocycles. The average Bonchev–Trinajstić information content (AvgIpc) is 1.90. The van der Waals surface area contributed by atoms with Crippen LogP contribution in [0.4, 0.5) is 0 Å². The highest BCUT2D eigenvalue weighted by molar-refractivity contribution is 14.1. The predicted octanol–water partition coefficient (Wildman–Crippen LogP) is 0.776. The smallest absolute Gasteiger partial charge is 0.248 e. The molecule has 1 heterocycles. The Morgan fingerprint density at radius 3 is 2.33 bits per heavy atom. The molecule has 3 heteroatoms. The van der Waals surface area contributed by atoms with Crippen LogP contribution in [-0.2, 0) is 0 Å². The minimum Gasteiger partial charge on any atom is -0.306 e. The topological polar surface area (TPSA) is 12.0 Å². The Hall–Kier alpha value is 0.650. The van der Waals surface area contributed by atoms with Gasteiger partial charge in [0.05, 0.1) is 19.6 Å². The third-order valence-corrected chi connectivity index (χ3v) is 3.59. The van der Waals surface area contributed by atoms with E-state index in [4.69, 9.17) is 0 Å². The molecular weight excluding hydrogens is 227 g/mol. The Balaban J connectivity index is 2.37. The Labute approximate surface area is 70.7 Å². The first-order valence-corrected chi connectivity index (χ1v) is 4.50. The molecule has 0 unspecified atom stereocenters. The molecule has 1 aliphatic rings. The SMILES string of the molecule is CC[N+]1(I)CCNCC1. The number of nitrogens with one attached hydrogen (secondary N) is 1. The number of likely N-dealkylation sites (N-methyl/N-ethyl adjacent to an activating group) is 1. The number of nitrogens with zero attached hydrogens (tertiary/aromatic N) is 1.